The highest BCUT2D eigenvalue weighted by atomic mass is 16.4. The molecule has 8 nitrogen and oxygen atoms in total. The van der Waals surface area contributed by atoms with Gasteiger partial charge in [0.2, 0.25) is 0 Å². The zero-order valence-electron chi connectivity index (χ0n) is 26.7. The number of aliphatic hydroxyl groups is 1. The number of nitrogens with two attached hydrogens (primary N) is 2. The Kier molecular flexibility index (Phi) is 20.3. The van der Waals surface area contributed by atoms with Crippen molar-refractivity contribution in [1.29, 1.82) is 0 Å². The van der Waals surface area contributed by atoms with Crippen molar-refractivity contribution in [2.24, 2.45) is 23.3 Å². The van der Waals surface area contributed by atoms with Crippen LogP contribution in [0.5, 0.6) is 0 Å². The second-order valence-electron chi connectivity index (χ2n) is 11.0. The summed E-state index contributed by atoms with van der Waals surface area (Å²) in [6.45, 7) is 3.70. The molecule has 46 heavy (non-hydrogen) atoms. The first kappa shape index (κ1) is 39.4. The maximum atomic E-state index is 10.5. The van der Waals surface area contributed by atoms with E-state index >= 15 is 0 Å². The summed E-state index contributed by atoms with van der Waals surface area (Å²) < 4.78 is 0. The van der Waals surface area contributed by atoms with Crippen molar-refractivity contribution in [3.8, 4) is 0 Å². The molecule has 0 aromatic heterocycles. The molecule has 0 spiro atoms. The lowest BCUT2D eigenvalue weighted by Gasteiger charge is -2.06. The number of rotatable bonds is 12. The van der Waals surface area contributed by atoms with Crippen molar-refractivity contribution in [3.63, 3.8) is 0 Å². The van der Waals surface area contributed by atoms with Gasteiger partial charge in [-0.3, -0.25) is 9.59 Å². The molecule has 0 aliphatic heterocycles. The molecule has 0 amide bonds. The van der Waals surface area contributed by atoms with Crippen LogP contribution in [0.4, 0.5) is 0 Å². The van der Waals surface area contributed by atoms with E-state index in [1.54, 1.807) is 6.92 Å². The normalized spacial score (nSPS) is 12.5. The number of carboxylic acid groups (broad SMARTS) is 2. The highest BCUT2D eigenvalue weighted by Crippen LogP contribution is 2.08. The molecule has 4 aromatic rings. The van der Waals surface area contributed by atoms with E-state index in [0.29, 0.717) is 12.8 Å². The summed E-state index contributed by atoms with van der Waals surface area (Å²) in [5.41, 5.74) is 15.3. The highest BCUT2D eigenvalue weighted by molar-refractivity contribution is 5.73. The molecule has 4 atom stereocenters. The van der Waals surface area contributed by atoms with Gasteiger partial charge in [-0.05, 0) is 47.9 Å². The first-order chi connectivity index (χ1) is 22.0. The fourth-order valence-corrected chi connectivity index (χ4v) is 4.03. The number of carbonyl (C=O) groups excluding carboxylic acids is 1. The first-order valence-corrected chi connectivity index (χ1v) is 15.2. The number of hydrogen-bond acceptors (Lipinski definition) is 6. The van der Waals surface area contributed by atoms with Gasteiger partial charge in [0.1, 0.15) is 12.3 Å². The average Bonchev–Trinajstić information content (AvgIpc) is 3.07. The molecule has 0 aliphatic rings. The zero-order chi connectivity index (χ0) is 34.2. The van der Waals surface area contributed by atoms with Gasteiger partial charge in [-0.2, -0.15) is 0 Å². The maximum Gasteiger partial charge on any atom is 0.320 e. The van der Waals surface area contributed by atoms with Gasteiger partial charge in [-0.15, -0.1) is 0 Å². The molecular formula is C38H48N2O6. The van der Waals surface area contributed by atoms with Crippen LogP contribution in [-0.4, -0.2) is 52.2 Å². The Hall–Kier alpha value is -4.63. The van der Waals surface area contributed by atoms with E-state index < -0.39 is 18.0 Å². The van der Waals surface area contributed by atoms with Crippen LogP contribution >= 0.6 is 0 Å². The number of carbonyl (C=O) groups is 3. The lowest BCUT2D eigenvalue weighted by molar-refractivity contribution is -0.141. The predicted octanol–water partition coefficient (Wildman–Crippen LogP) is 5.20. The van der Waals surface area contributed by atoms with Gasteiger partial charge >= 0.3 is 11.9 Å². The molecule has 0 radical (unpaired) electrons. The summed E-state index contributed by atoms with van der Waals surface area (Å²) in [5, 5.41) is 25.8. The second kappa shape index (κ2) is 23.7. The Balaban J connectivity index is 0.000000307. The van der Waals surface area contributed by atoms with Crippen LogP contribution < -0.4 is 11.5 Å². The van der Waals surface area contributed by atoms with Crippen LogP contribution in [0.2, 0.25) is 0 Å². The van der Waals surface area contributed by atoms with Crippen molar-refractivity contribution in [1.82, 2.24) is 0 Å². The molecule has 0 fully saturated rings. The van der Waals surface area contributed by atoms with E-state index in [9.17, 15) is 14.4 Å². The van der Waals surface area contributed by atoms with E-state index in [1.807, 2.05) is 128 Å². The Bertz CT molecular complexity index is 1300. The van der Waals surface area contributed by atoms with E-state index in [2.05, 4.69) is 0 Å². The monoisotopic (exact) mass is 628 g/mol. The van der Waals surface area contributed by atoms with Crippen LogP contribution in [-0.2, 0) is 40.1 Å². The molecule has 0 bridgehead atoms. The molecule has 7 N–H and O–H groups in total. The first-order valence-electron chi connectivity index (χ1n) is 15.2. The zero-order valence-corrected chi connectivity index (χ0v) is 26.7. The summed E-state index contributed by atoms with van der Waals surface area (Å²) in [5.74, 6) is -1.86. The van der Waals surface area contributed by atoms with Gasteiger partial charge in [-0.1, -0.05) is 135 Å². The number of aliphatic carboxylic acids is 2. The van der Waals surface area contributed by atoms with Crippen LogP contribution in [0, 0.1) is 11.8 Å². The minimum Gasteiger partial charge on any atom is -0.481 e. The lowest BCUT2D eigenvalue weighted by Crippen LogP contribution is -2.32. The number of aldehydes is 1. The summed E-state index contributed by atoms with van der Waals surface area (Å²) in [6, 6.07) is 38.0. The van der Waals surface area contributed by atoms with Gasteiger partial charge < -0.3 is 31.6 Å². The SMILES string of the molecule is C[C@@H](Cc1ccccc1)C(=O)O.C[C@H](C=O)Cc1ccccc1.N[C@@H](Cc1ccccc1)C(=O)O.N[C@H](CO)Cc1ccccc1. The van der Waals surface area contributed by atoms with Crippen molar-refractivity contribution in [3.05, 3.63) is 144 Å². The number of hydrogen-bond donors (Lipinski definition) is 5. The summed E-state index contributed by atoms with van der Waals surface area (Å²) >= 11 is 0. The molecule has 8 heteroatoms. The smallest absolute Gasteiger partial charge is 0.320 e. The molecule has 0 aliphatic carbocycles. The second-order valence-corrected chi connectivity index (χ2v) is 11.0. The third kappa shape index (κ3) is 18.9. The highest BCUT2D eigenvalue weighted by Gasteiger charge is 2.11. The predicted molar refractivity (Wildman–Crippen MR) is 183 cm³/mol. The summed E-state index contributed by atoms with van der Waals surface area (Å²) in [6.07, 6.45) is 3.58. The summed E-state index contributed by atoms with van der Waals surface area (Å²) in [7, 11) is 0. The average molecular weight is 629 g/mol. The van der Waals surface area contributed by atoms with Gasteiger partial charge in [0.15, 0.2) is 0 Å². The van der Waals surface area contributed by atoms with E-state index in [1.165, 1.54) is 11.1 Å². The Labute approximate surface area is 272 Å². The van der Waals surface area contributed by atoms with Crippen LogP contribution in [0.25, 0.3) is 0 Å². The van der Waals surface area contributed by atoms with Crippen molar-refractivity contribution in [2.45, 2.75) is 51.6 Å². The quantitative estimate of drug-likeness (QED) is 0.134. The molecular weight excluding hydrogens is 580 g/mol. The van der Waals surface area contributed by atoms with Crippen LogP contribution in [0.1, 0.15) is 36.1 Å². The molecule has 4 aromatic carbocycles. The van der Waals surface area contributed by atoms with Gasteiger partial charge in [0.05, 0.1) is 12.5 Å². The summed E-state index contributed by atoms with van der Waals surface area (Å²) in [4.78, 5) is 31.2. The van der Waals surface area contributed by atoms with E-state index in [4.69, 9.17) is 26.8 Å². The van der Waals surface area contributed by atoms with Crippen molar-refractivity contribution >= 4 is 18.2 Å². The largest absolute Gasteiger partial charge is 0.481 e. The number of benzene rings is 4. The van der Waals surface area contributed by atoms with Crippen molar-refractivity contribution < 1.29 is 29.7 Å². The topological polar surface area (TPSA) is 164 Å². The molecule has 0 unspecified atom stereocenters. The lowest BCUT2D eigenvalue weighted by atomic mass is 10.0. The van der Waals surface area contributed by atoms with Crippen LogP contribution in [0.15, 0.2) is 121 Å². The molecule has 0 saturated heterocycles. The van der Waals surface area contributed by atoms with Gasteiger partial charge in [0, 0.05) is 12.0 Å². The molecule has 4 rings (SSSR count). The Morgan fingerprint density at radius 3 is 1.26 bits per heavy atom. The van der Waals surface area contributed by atoms with Gasteiger partial charge in [0.25, 0.3) is 0 Å². The van der Waals surface area contributed by atoms with E-state index in [0.717, 1.165) is 30.3 Å². The molecule has 0 saturated carbocycles. The third-order valence-corrected chi connectivity index (χ3v) is 6.63. The minimum atomic E-state index is -0.959. The Morgan fingerprint density at radius 1 is 0.587 bits per heavy atom. The third-order valence-electron chi connectivity index (χ3n) is 6.63. The number of aliphatic hydroxyl groups excluding tert-OH is 1. The van der Waals surface area contributed by atoms with Crippen LogP contribution in [0.3, 0.4) is 0 Å². The molecule has 246 valence electrons. The Morgan fingerprint density at radius 2 is 0.935 bits per heavy atom. The van der Waals surface area contributed by atoms with Crippen molar-refractivity contribution in [2.75, 3.05) is 6.61 Å². The van der Waals surface area contributed by atoms with Gasteiger partial charge in [-0.25, -0.2) is 0 Å². The fraction of sp³-hybridized carbons (Fsp3) is 0.289. The maximum absolute atomic E-state index is 10.5. The molecule has 0 heterocycles. The van der Waals surface area contributed by atoms with E-state index in [-0.39, 0.29) is 24.5 Å². The fourth-order valence-electron chi connectivity index (χ4n) is 4.03. The standard InChI is InChI=1S/C10H12O2.C10H12O.C9H11NO2.C9H13NO/c1-8(10(11)12)7-9-5-3-2-4-6-9;1-9(8-11)7-10-5-3-2-4-6-10;10-8(9(11)12)6-7-4-2-1-3-5-7;10-9(7-11)6-8-4-2-1-3-5-8/h2-6,8H,7H2,1H3,(H,11,12);2-6,8-9H,7H2,1H3;1-5,8H,6,10H2,(H,11,12);1-5,9,11H,6-7,10H2/t8-;9-;8-;9-/m0000/s1. The number of carboxylic acids is 2. The minimum absolute atomic E-state index is 0.0505.